The lowest BCUT2D eigenvalue weighted by molar-refractivity contribution is 0.670. The highest BCUT2D eigenvalue weighted by molar-refractivity contribution is 6.27. The van der Waals surface area contributed by atoms with E-state index in [0.717, 1.165) is 83.1 Å². The molecule has 0 aliphatic rings. The van der Waals surface area contributed by atoms with E-state index in [-0.39, 0.29) is 0 Å². The van der Waals surface area contributed by atoms with Crippen molar-refractivity contribution in [2.45, 2.75) is 0 Å². The molecule has 3 heterocycles. The SMILES string of the molecule is c1ccc(-c2ccc(-c3cc(-c4ccc(-c5ccccc5)cc4)nc(-n4c5cccc6ccc7c(-c8cccc9c8oc8ccccc89)ccc4c7c65)n3)cc2)cc1. The Hall–Kier alpha value is -7.82. The second kappa shape index (κ2) is 12.9. The quantitative estimate of drug-likeness (QED) is 0.160. The number of rotatable bonds is 6. The van der Waals surface area contributed by atoms with Crippen LogP contribution in [0.15, 0.2) is 205 Å². The van der Waals surface area contributed by atoms with Gasteiger partial charge in [0.25, 0.3) is 0 Å². The number of nitrogens with zero attached hydrogens (tertiary/aromatic N) is 3. The Bertz CT molecular complexity index is 3370. The van der Waals surface area contributed by atoms with E-state index in [0.29, 0.717) is 5.95 Å². The monoisotopic (exact) mass is 739 g/mol. The van der Waals surface area contributed by atoms with Gasteiger partial charge in [0.1, 0.15) is 11.2 Å². The number of hydrogen-bond acceptors (Lipinski definition) is 3. The molecule has 0 bridgehead atoms. The first-order chi connectivity index (χ1) is 28.7. The number of furan rings is 1. The fourth-order valence-electron chi connectivity index (χ4n) is 8.86. The minimum absolute atomic E-state index is 0.629. The third-order valence-corrected chi connectivity index (χ3v) is 11.6. The molecular formula is C54H33N3O. The number of benzene rings is 9. The lowest BCUT2D eigenvalue weighted by Crippen LogP contribution is -2.04. The fourth-order valence-corrected chi connectivity index (χ4v) is 8.86. The Morgan fingerprint density at radius 3 is 1.62 bits per heavy atom. The molecule has 12 rings (SSSR count). The van der Waals surface area contributed by atoms with Gasteiger partial charge in [-0.25, -0.2) is 9.97 Å². The second-order valence-electron chi connectivity index (χ2n) is 14.9. The Morgan fingerprint density at radius 2 is 0.931 bits per heavy atom. The number of fused-ring (bicyclic) bond motifs is 3. The van der Waals surface area contributed by atoms with E-state index < -0.39 is 0 Å². The van der Waals surface area contributed by atoms with Crippen LogP contribution >= 0.6 is 0 Å². The molecule has 0 aliphatic carbocycles. The van der Waals surface area contributed by atoms with Crippen molar-refractivity contribution in [3.05, 3.63) is 200 Å². The lowest BCUT2D eigenvalue weighted by atomic mass is 9.94. The molecule has 0 fully saturated rings. The van der Waals surface area contributed by atoms with E-state index in [4.69, 9.17) is 14.4 Å². The molecule has 3 aromatic heterocycles. The third kappa shape index (κ3) is 5.09. The van der Waals surface area contributed by atoms with Crippen LogP contribution in [0.2, 0.25) is 0 Å². The topological polar surface area (TPSA) is 43.9 Å². The maximum absolute atomic E-state index is 6.55. The standard InChI is InChI=1S/C54H33N3O/c1-3-11-34(12-4-1)36-21-25-38(26-22-36)46-33-47(39-27-23-37(24-28-39)35-13-5-2-6-14-35)56-54(55-46)57-48-19-9-15-40-29-30-43-41(31-32-49(57)52(43)51(40)48)44-17-10-18-45-42-16-7-8-20-50(42)58-53(44)45/h1-33H. The Labute approximate surface area is 334 Å². The fraction of sp³-hybridized carbons (Fsp3) is 0. The summed E-state index contributed by atoms with van der Waals surface area (Å²) in [6.45, 7) is 0. The van der Waals surface area contributed by atoms with Crippen LogP contribution in [0, 0.1) is 0 Å². The molecule has 12 aromatic rings. The third-order valence-electron chi connectivity index (χ3n) is 11.6. The van der Waals surface area contributed by atoms with Crippen molar-refractivity contribution >= 4 is 54.5 Å². The average Bonchev–Trinajstić information content (AvgIpc) is 3.86. The molecule has 0 amide bonds. The van der Waals surface area contributed by atoms with Crippen molar-refractivity contribution in [3.8, 4) is 61.8 Å². The van der Waals surface area contributed by atoms with Gasteiger partial charge < -0.3 is 4.42 Å². The molecule has 0 atom stereocenters. The number of para-hydroxylation sites is 2. The summed E-state index contributed by atoms with van der Waals surface area (Å²) in [6.07, 6.45) is 0. The van der Waals surface area contributed by atoms with Crippen molar-refractivity contribution in [3.63, 3.8) is 0 Å². The first kappa shape index (κ1) is 32.4. The summed E-state index contributed by atoms with van der Waals surface area (Å²) >= 11 is 0. The van der Waals surface area contributed by atoms with Crippen molar-refractivity contribution in [1.29, 1.82) is 0 Å². The molecule has 270 valence electrons. The first-order valence-corrected chi connectivity index (χ1v) is 19.7. The van der Waals surface area contributed by atoms with E-state index in [1.54, 1.807) is 0 Å². The molecule has 0 radical (unpaired) electrons. The van der Waals surface area contributed by atoms with Gasteiger partial charge in [0, 0.05) is 38.2 Å². The van der Waals surface area contributed by atoms with Crippen LogP contribution in [0.25, 0.3) is 116 Å². The summed E-state index contributed by atoms with van der Waals surface area (Å²) in [5.41, 5.74) is 14.6. The van der Waals surface area contributed by atoms with E-state index in [2.05, 4.69) is 180 Å². The lowest BCUT2D eigenvalue weighted by Gasteiger charge is -2.13. The van der Waals surface area contributed by atoms with Crippen molar-refractivity contribution in [1.82, 2.24) is 14.5 Å². The Morgan fingerprint density at radius 1 is 0.362 bits per heavy atom. The van der Waals surface area contributed by atoms with Gasteiger partial charge in [-0.2, -0.15) is 0 Å². The maximum Gasteiger partial charge on any atom is 0.235 e. The summed E-state index contributed by atoms with van der Waals surface area (Å²) in [6, 6.07) is 70.7. The molecular weight excluding hydrogens is 707 g/mol. The molecule has 0 N–H and O–H groups in total. The minimum Gasteiger partial charge on any atom is -0.455 e. The predicted molar refractivity (Wildman–Crippen MR) is 240 cm³/mol. The number of aromatic nitrogens is 3. The smallest absolute Gasteiger partial charge is 0.235 e. The van der Waals surface area contributed by atoms with Gasteiger partial charge in [-0.1, -0.05) is 176 Å². The molecule has 0 spiro atoms. The zero-order valence-electron chi connectivity index (χ0n) is 31.3. The van der Waals surface area contributed by atoms with Crippen LogP contribution in [0.4, 0.5) is 0 Å². The van der Waals surface area contributed by atoms with E-state index >= 15 is 0 Å². The van der Waals surface area contributed by atoms with Crippen LogP contribution in [0.3, 0.4) is 0 Å². The summed E-state index contributed by atoms with van der Waals surface area (Å²) in [7, 11) is 0. The molecule has 0 saturated carbocycles. The van der Waals surface area contributed by atoms with E-state index in [9.17, 15) is 0 Å². The molecule has 4 nitrogen and oxygen atoms in total. The van der Waals surface area contributed by atoms with Gasteiger partial charge in [-0.15, -0.1) is 0 Å². The van der Waals surface area contributed by atoms with Gasteiger partial charge in [0.15, 0.2) is 0 Å². The van der Waals surface area contributed by atoms with Crippen LogP contribution < -0.4 is 0 Å². The largest absolute Gasteiger partial charge is 0.455 e. The predicted octanol–water partition coefficient (Wildman–Crippen LogP) is 14.4. The molecule has 4 heteroatoms. The van der Waals surface area contributed by atoms with Gasteiger partial charge in [0.2, 0.25) is 5.95 Å². The van der Waals surface area contributed by atoms with Crippen LogP contribution in [0.5, 0.6) is 0 Å². The van der Waals surface area contributed by atoms with Crippen molar-refractivity contribution in [2.75, 3.05) is 0 Å². The maximum atomic E-state index is 6.55. The second-order valence-corrected chi connectivity index (χ2v) is 14.9. The van der Waals surface area contributed by atoms with Gasteiger partial charge >= 0.3 is 0 Å². The Kier molecular flexibility index (Phi) is 7.20. The number of hydrogen-bond donors (Lipinski definition) is 0. The molecule has 0 aliphatic heterocycles. The van der Waals surface area contributed by atoms with Crippen molar-refractivity contribution < 1.29 is 4.42 Å². The van der Waals surface area contributed by atoms with Crippen LogP contribution in [0.1, 0.15) is 0 Å². The van der Waals surface area contributed by atoms with Crippen molar-refractivity contribution in [2.24, 2.45) is 0 Å². The van der Waals surface area contributed by atoms with E-state index in [1.165, 1.54) is 27.3 Å². The molecule has 58 heavy (non-hydrogen) atoms. The van der Waals surface area contributed by atoms with Crippen LogP contribution in [-0.2, 0) is 0 Å². The minimum atomic E-state index is 0.629. The Balaban J connectivity index is 1.07. The van der Waals surface area contributed by atoms with Gasteiger partial charge in [-0.3, -0.25) is 4.57 Å². The highest BCUT2D eigenvalue weighted by atomic mass is 16.3. The molecule has 9 aromatic carbocycles. The molecule has 0 unspecified atom stereocenters. The van der Waals surface area contributed by atoms with Gasteiger partial charge in [-0.05, 0) is 62.9 Å². The zero-order chi connectivity index (χ0) is 38.2. The summed E-state index contributed by atoms with van der Waals surface area (Å²) < 4.78 is 8.80. The highest BCUT2D eigenvalue weighted by Gasteiger charge is 2.23. The van der Waals surface area contributed by atoms with Gasteiger partial charge in [0.05, 0.1) is 22.4 Å². The van der Waals surface area contributed by atoms with E-state index in [1.807, 2.05) is 24.3 Å². The highest BCUT2D eigenvalue weighted by Crippen LogP contribution is 2.45. The summed E-state index contributed by atoms with van der Waals surface area (Å²) in [5.74, 6) is 0.629. The summed E-state index contributed by atoms with van der Waals surface area (Å²) in [5, 5.41) is 6.97. The summed E-state index contributed by atoms with van der Waals surface area (Å²) in [4.78, 5) is 10.8. The molecule has 0 saturated heterocycles. The zero-order valence-corrected chi connectivity index (χ0v) is 31.3. The average molecular weight is 740 g/mol. The first-order valence-electron chi connectivity index (χ1n) is 19.7. The van der Waals surface area contributed by atoms with Crippen LogP contribution in [-0.4, -0.2) is 14.5 Å². The normalized spacial score (nSPS) is 11.8.